The van der Waals surface area contributed by atoms with Crippen LogP contribution in [-0.4, -0.2) is 76.4 Å². The first-order valence-electron chi connectivity index (χ1n) is 11.4. The third-order valence-electron chi connectivity index (χ3n) is 6.18. The molecule has 0 atom stereocenters. The number of nitrogens with one attached hydrogen (secondary N) is 2. The second-order valence-electron chi connectivity index (χ2n) is 8.38. The van der Waals surface area contributed by atoms with Crippen molar-refractivity contribution in [1.29, 1.82) is 0 Å². The normalized spacial score (nSPS) is 19.2. The van der Waals surface area contributed by atoms with E-state index in [1.807, 2.05) is 6.07 Å². The fraction of sp³-hybridized carbons (Fsp3) is 0.696. The quantitative estimate of drug-likeness (QED) is 0.297. The van der Waals surface area contributed by atoms with Gasteiger partial charge in [0.2, 0.25) is 0 Å². The molecule has 1 aromatic rings. The van der Waals surface area contributed by atoms with E-state index in [9.17, 15) is 4.39 Å². The number of anilines is 1. The largest absolute Gasteiger partial charge is 0.383 e. The summed E-state index contributed by atoms with van der Waals surface area (Å²) < 4.78 is 18.7. The van der Waals surface area contributed by atoms with Crippen molar-refractivity contribution in [3.8, 4) is 0 Å². The van der Waals surface area contributed by atoms with E-state index in [4.69, 9.17) is 9.73 Å². The Bertz CT molecular complexity index is 661. The van der Waals surface area contributed by atoms with Crippen LogP contribution in [0.25, 0.3) is 0 Å². The van der Waals surface area contributed by atoms with Crippen molar-refractivity contribution in [1.82, 2.24) is 15.5 Å². The third kappa shape index (κ3) is 8.73. The van der Waals surface area contributed by atoms with Gasteiger partial charge in [-0.3, -0.25) is 4.99 Å². The van der Waals surface area contributed by atoms with Gasteiger partial charge in [0.1, 0.15) is 5.82 Å². The molecule has 0 saturated carbocycles. The summed E-state index contributed by atoms with van der Waals surface area (Å²) in [6.45, 7) is 9.86. The Morgan fingerprint density at radius 2 is 1.90 bits per heavy atom. The van der Waals surface area contributed by atoms with Gasteiger partial charge in [0.25, 0.3) is 0 Å². The van der Waals surface area contributed by atoms with Crippen LogP contribution in [-0.2, 0) is 4.74 Å². The molecule has 6 nitrogen and oxygen atoms in total. The van der Waals surface area contributed by atoms with Crippen molar-refractivity contribution in [2.24, 2.45) is 10.9 Å². The van der Waals surface area contributed by atoms with E-state index in [1.54, 1.807) is 19.2 Å². The zero-order valence-corrected chi connectivity index (χ0v) is 21.3. The van der Waals surface area contributed by atoms with Crippen LogP contribution in [0.2, 0.25) is 0 Å². The molecule has 0 radical (unpaired) electrons. The molecule has 2 aliphatic heterocycles. The summed E-state index contributed by atoms with van der Waals surface area (Å²) >= 11 is 0. The van der Waals surface area contributed by atoms with Gasteiger partial charge in [-0.05, 0) is 69.8 Å². The number of guanidine groups is 1. The molecule has 0 aliphatic carbocycles. The van der Waals surface area contributed by atoms with Crippen LogP contribution in [0.5, 0.6) is 0 Å². The standard InChI is InChI=1S/C23H38FN5O.HI/c1-3-25-23(26-18-19-7-11-28(12-8-19)15-16-30-2)27-21-9-13-29(14-10-21)22-6-4-5-20(24)17-22;/h4-6,17,19,21H,3,7-16,18H2,1-2H3,(H2,25,26,27);1H. The number of piperidine rings is 2. The SMILES string of the molecule is CCNC(=NCC1CCN(CCOC)CC1)NC1CCN(c2cccc(F)c2)CC1.I. The van der Waals surface area contributed by atoms with Crippen LogP contribution >= 0.6 is 24.0 Å². The van der Waals surface area contributed by atoms with E-state index < -0.39 is 0 Å². The fourth-order valence-electron chi connectivity index (χ4n) is 4.30. The number of hydrogen-bond donors (Lipinski definition) is 2. The number of aliphatic imine (C=N–C) groups is 1. The number of ether oxygens (including phenoxy) is 1. The Hall–Kier alpha value is -1.13. The minimum atomic E-state index is -0.168. The van der Waals surface area contributed by atoms with E-state index >= 15 is 0 Å². The van der Waals surface area contributed by atoms with Crippen LogP contribution in [0.3, 0.4) is 0 Å². The highest BCUT2D eigenvalue weighted by Crippen LogP contribution is 2.21. The first kappa shape index (κ1) is 26.1. The first-order valence-corrected chi connectivity index (χ1v) is 11.4. The minimum absolute atomic E-state index is 0. The van der Waals surface area contributed by atoms with Gasteiger partial charge in [0, 0.05) is 51.6 Å². The number of hydrogen-bond acceptors (Lipinski definition) is 4. The Morgan fingerprint density at radius 1 is 1.16 bits per heavy atom. The average Bonchev–Trinajstić information content (AvgIpc) is 2.77. The number of methoxy groups -OCH3 is 1. The maximum absolute atomic E-state index is 13.5. The van der Waals surface area contributed by atoms with E-state index in [1.165, 1.54) is 18.9 Å². The zero-order chi connectivity index (χ0) is 21.2. The second-order valence-corrected chi connectivity index (χ2v) is 8.38. The van der Waals surface area contributed by atoms with Gasteiger partial charge in [-0.1, -0.05) is 6.07 Å². The summed E-state index contributed by atoms with van der Waals surface area (Å²) in [6.07, 6.45) is 4.47. The van der Waals surface area contributed by atoms with Gasteiger partial charge in [-0.25, -0.2) is 4.39 Å². The maximum atomic E-state index is 13.5. The number of benzene rings is 1. The molecular formula is C23H39FIN5O. The molecule has 0 amide bonds. The van der Waals surface area contributed by atoms with Gasteiger partial charge < -0.3 is 25.2 Å². The lowest BCUT2D eigenvalue weighted by molar-refractivity contribution is 0.121. The van der Waals surface area contributed by atoms with Gasteiger partial charge >= 0.3 is 0 Å². The van der Waals surface area contributed by atoms with E-state index in [0.29, 0.717) is 12.0 Å². The van der Waals surface area contributed by atoms with Crippen molar-refractivity contribution < 1.29 is 9.13 Å². The monoisotopic (exact) mass is 547 g/mol. The number of nitrogens with zero attached hydrogens (tertiary/aromatic N) is 3. The molecule has 2 N–H and O–H groups in total. The summed E-state index contributed by atoms with van der Waals surface area (Å²) in [5.41, 5.74) is 0.978. The van der Waals surface area contributed by atoms with Crippen molar-refractivity contribution in [2.45, 2.75) is 38.6 Å². The number of likely N-dealkylation sites (tertiary alicyclic amines) is 1. The summed E-state index contributed by atoms with van der Waals surface area (Å²) in [4.78, 5) is 9.65. The molecule has 0 aromatic heterocycles. The summed E-state index contributed by atoms with van der Waals surface area (Å²) in [5.74, 6) is 1.43. The molecule has 2 fully saturated rings. The molecule has 0 unspecified atom stereocenters. The minimum Gasteiger partial charge on any atom is -0.383 e. The van der Waals surface area contributed by atoms with Crippen molar-refractivity contribution in [2.75, 3.05) is 64.4 Å². The zero-order valence-electron chi connectivity index (χ0n) is 19.0. The Kier molecular flexibility index (Phi) is 11.9. The van der Waals surface area contributed by atoms with Gasteiger partial charge in [-0.2, -0.15) is 0 Å². The molecular weight excluding hydrogens is 508 g/mol. The predicted octanol–water partition coefficient (Wildman–Crippen LogP) is 3.33. The molecule has 0 spiro atoms. The summed E-state index contributed by atoms with van der Waals surface area (Å²) in [7, 11) is 1.77. The van der Waals surface area contributed by atoms with Crippen LogP contribution < -0.4 is 15.5 Å². The molecule has 2 aliphatic rings. The Balaban J connectivity index is 0.00000341. The smallest absolute Gasteiger partial charge is 0.191 e. The second kappa shape index (κ2) is 14.1. The molecule has 176 valence electrons. The van der Waals surface area contributed by atoms with Gasteiger partial charge in [0.15, 0.2) is 5.96 Å². The van der Waals surface area contributed by atoms with Crippen LogP contribution in [0.4, 0.5) is 10.1 Å². The Labute approximate surface area is 204 Å². The lowest BCUT2D eigenvalue weighted by atomic mass is 9.97. The lowest BCUT2D eigenvalue weighted by Gasteiger charge is -2.34. The Morgan fingerprint density at radius 3 is 2.55 bits per heavy atom. The van der Waals surface area contributed by atoms with Crippen LogP contribution in [0, 0.1) is 11.7 Å². The van der Waals surface area contributed by atoms with E-state index in [-0.39, 0.29) is 29.8 Å². The fourth-order valence-corrected chi connectivity index (χ4v) is 4.30. The maximum Gasteiger partial charge on any atom is 0.191 e. The predicted molar refractivity (Wildman–Crippen MR) is 137 cm³/mol. The molecule has 1 aromatic carbocycles. The molecule has 3 rings (SSSR count). The van der Waals surface area contributed by atoms with E-state index in [2.05, 4.69) is 27.4 Å². The van der Waals surface area contributed by atoms with Crippen LogP contribution in [0.1, 0.15) is 32.6 Å². The van der Waals surface area contributed by atoms with Crippen molar-refractivity contribution in [3.63, 3.8) is 0 Å². The summed E-state index contributed by atoms with van der Waals surface area (Å²) in [5, 5.41) is 7.03. The topological polar surface area (TPSA) is 52.1 Å². The number of halogens is 2. The first-order chi connectivity index (χ1) is 14.7. The highest BCUT2D eigenvalue weighted by molar-refractivity contribution is 14.0. The lowest BCUT2D eigenvalue weighted by Crippen LogP contribution is -2.49. The molecule has 8 heteroatoms. The van der Waals surface area contributed by atoms with Crippen LogP contribution in [0.15, 0.2) is 29.3 Å². The summed E-state index contributed by atoms with van der Waals surface area (Å²) in [6, 6.07) is 7.31. The average molecular weight is 548 g/mol. The van der Waals surface area contributed by atoms with Crippen molar-refractivity contribution in [3.05, 3.63) is 30.1 Å². The van der Waals surface area contributed by atoms with Gasteiger partial charge in [0.05, 0.1) is 6.61 Å². The highest BCUT2D eigenvalue weighted by atomic mass is 127. The number of rotatable bonds is 8. The van der Waals surface area contributed by atoms with E-state index in [0.717, 1.165) is 76.9 Å². The highest BCUT2D eigenvalue weighted by Gasteiger charge is 2.22. The van der Waals surface area contributed by atoms with Gasteiger partial charge in [-0.15, -0.1) is 24.0 Å². The van der Waals surface area contributed by atoms with Crippen molar-refractivity contribution >= 4 is 35.6 Å². The molecule has 0 bridgehead atoms. The molecule has 2 heterocycles. The molecule has 2 saturated heterocycles. The molecule has 31 heavy (non-hydrogen) atoms. The third-order valence-corrected chi connectivity index (χ3v) is 6.18.